The molecule has 0 fully saturated rings. The zero-order valence-corrected chi connectivity index (χ0v) is 11.1. The van der Waals surface area contributed by atoms with Gasteiger partial charge in [-0.2, -0.15) is 0 Å². The molecular weight excluding hydrogens is 254 g/mol. The zero-order valence-electron chi connectivity index (χ0n) is 10.3. The zero-order chi connectivity index (χ0) is 13.5. The molecule has 0 atom stereocenters. The second-order valence-electron chi connectivity index (χ2n) is 3.88. The topological polar surface area (TPSA) is 78.6 Å². The molecule has 0 aromatic heterocycles. The maximum Gasteiger partial charge on any atom is 0.238 e. The standard InChI is InChI=1S/C12H18ClN3O2/c1-2-16(5-6-17)8-12(18)15-11-4-3-9(14)7-10(11)13/h3-4,7,17H,2,5-6,8,14H2,1H3,(H,15,18). The minimum Gasteiger partial charge on any atom is -0.399 e. The number of nitrogens with two attached hydrogens (primary N) is 1. The molecule has 0 radical (unpaired) electrons. The molecule has 0 saturated heterocycles. The number of hydrogen-bond donors (Lipinski definition) is 3. The van der Waals surface area contributed by atoms with Crippen molar-refractivity contribution in [3.8, 4) is 0 Å². The molecule has 4 N–H and O–H groups in total. The van der Waals surface area contributed by atoms with Crippen molar-refractivity contribution in [1.29, 1.82) is 0 Å². The Morgan fingerprint density at radius 2 is 2.28 bits per heavy atom. The highest BCUT2D eigenvalue weighted by atomic mass is 35.5. The number of amides is 1. The lowest BCUT2D eigenvalue weighted by Gasteiger charge is -2.18. The molecule has 0 spiro atoms. The second-order valence-corrected chi connectivity index (χ2v) is 4.29. The lowest BCUT2D eigenvalue weighted by atomic mass is 10.3. The van der Waals surface area contributed by atoms with Gasteiger partial charge in [-0.3, -0.25) is 9.69 Å². The number of halogens is 1. The first-order chi connectivity index (χ1) is 8.56. The van der Waals surface area contributed by atoms with Crippen molar-refractivity contribution in [2.75, 3.05) is 37.3 Å². The summed E-state index contributed by atoms with van der Waals surface area (Å²) in [6, 6.07) is 4.92. The molecular formula is C12H18ClN3O2. The van der Waals surface area contributed by atoms with Gasteiger partial charge in [0.05, 0.1) is 23.9 Å². The molecule has 0 heterocycles. The molecule has 1 amide bonds. The summed E-state index contributed by atoms with van der Waals surface area (Å²) in [5, 5.41) is 12.0. The Bertz CT molecular complexity index is 412. The molecule has 0 bridgehead atoms. The average molecular weight is 272 g/mol. The van der Waals surface area contributed by atoms with Crippen molar-refractivity contribution in [2.24, 2.45) is 0 Å². The molecule has 6 heteroatoms. The summed E-state index contributed by atoms with van der Waals surface area (Å²) >= 11 is 5.96. The Morgan fingerprint density at radius 1 is 1.56 bits per heavy atom. The summed E-state index contributed by atoms with van der Waals surface area (Å²) < 4.78 is 0. The fourth-order valence-corrected chi connectivity index (χ4v) is 1.75. The molecule has 100 valence electrons. The minimum absolute atomic E-state index is 0.0315. The number of carbonyl (C=O) groups excluding carboxylic acids is 1. The van der Waals surface area contributed by atoms with Gasteiger partial charge in [0.25, 0.3) is 0 Å². The van der Waals surface area contributed by atoms with Crippen LogP contribution in [0.15, 0.2) is 18.2 Å². The maximum atomic E-state index is 11.8. The van der Waals surface area contributed by atoms with Gasteiger partial charge in [-0.1, -0.05) is 18.5 Å². The van der Waals surface area contributed by atoms with Gasteiger partial charge in [-0.15, -0.1) is 0 Å². The number of anilines is 2. The molecule has 0 unspecified atom stereocenters. The van der Waals surface area contributed by atoms with Crippen molar-refractivity contribution >= 4 is 28.9 Å². The highest BCUT2D eigenvalue weighted by Gasteiger charge is 2.10. The highest BCUT2D eigenvalue weighted by molar-refractivity contribution is 6.34. The van der Waals surface area contributed by atoms with Crippen LogP contribution in [0.3, 0.4) is 0 Å². The van der Waals surface area contributed by atoms with Crippen LogP contribution in [0.2, 0.25) is 5.02 Å². The van der Waals surface area contributed by atoms with Gasteiger partial charge in [0, 0.05) is 12.2 Å². The van der Waals surface area contributed by atoms with E-state index in [9.17, 15) is 4.79 Å². The van der Waals surface area contributed by atoms with Gasteiger partial charge in [0.1, 0.15) is 0 Å². The van der Waals surface area contributed by atoms with Crippen molar-refractivity contribution in [2.45, 2.75) is 6.92 Å². The Kier molecular flexibility index (Phi) is 5.91. The van der Waals surface area contributed by atoms with Gasteiger partial charge in [0.15, 0.2) is 0 Å². The summed E-state index contributed by atoms with van der Waals surface area (Å²) in [6.07, 6.45) is 0. The summed E-state index contributed by atoms with van der Waals surface area (Å²) in [5.74, 6) is -0.169. The number of rotatable bonds is 6. The molecule has 0 aliphatic heterocycles. The number of nitrogen functional groups attached to an aromatic ring is 1. The van der Waals surface area contributed by atoms with Crippen LogP contribution in [0.25, 0.3) is 0 Å². The van der Waals surface area contributed by atoms with Crippen LogP contribution in [0.4, 0.5) is 11.4 Å². The largest absolute Gasteiger partial charge is 0.399 e. The van der Waals surface area contributed by atoms with Crippen molar-refractivity contribution in [3.05, 3.63) is 23.2 Å². The Hall–Kier alpha value is -1.30. The van der Waals surface area contributed by atoms with E-state index in [0.717, 1.165) is 0 Å². The van der Waals surface area contributed by atoms with Crippen LogP contribution < -0.4 is 11.1 Å². The lowest BCUT2D eigenvalue weighted by molar-refractivity contribution is -0.117. The number of aliphatic hydroxyl groups excluding tert-OH is 1. The van der Waals surface area contributed by atoms with Gasteiger partial charge < -0.3 is 16.2 Å². The van der Waals surface area contributed by atoms with E-state index in [2.05, 4.69) is 5.32 Å². The number of nitrogens with zero attached hydrogens (tertiary/aromatic N) is 1. The van der Waals surface area contributed by atoms with E-state index in [0.29, 0.717) is 29.5 Å². The fourth-order valence-electron chi connectivity index (χ4n) is 1.52. The first kappa shape index (κ1) is 14.8. The molecule has 1 rings (SSSR count). The summed E-state index contributed by atoms with van der Waals surface area (Å²) in [4.78, 5) is 13.6. The van der Waals surface area contributed by atoms with Crippen molar-refractivity contribution < 1.29 is 9.90 Å². The minimum atomic E-state index is -0.169. The summed E-state index contributed by atoms with van der Waals surface area (Å²) in [6.45, 7) is 3.35. The van der Waals surface area contributed by atoms with Crippen LogP contribution >= 0.6 is 11.6 Å². The average Bonchev–Trinajstić information content (AvgIpc) is 2.32. The predicted octanol–water partition coefficient (Wildman–Crippen LogP) is 1.17. The summed E-state index contributed by atoms with van der Waals surface area (Å²) in [7, 11) is 0. The fraction of sp³-hybridized carbons (Fsp3) is 0.417. The van der Waals surface area contributed by atoms with E-state index < -0.39 is 0 Å². The van der Waals surface area contributed by atoms with Crippen LogP contribution in [0.5, 0.6) is 0 Å². The molecule has 0 aliphatic rings. The molecule has 0 saturated carbocycles. The summed E-state index contributed by atoms with van der Waals surface area (Å²) in [5.41, 5.74) is 6.65. The quantitative estimate of drug-likeness (QED) is 0.679. The SMILES string of the molecule is CCN(CCO)CC(=O)Nc1ccc(N)cc1Cl. The van der Waals surface area contributed by atoms with Gasteiger partial charge in [0.2, 0.25) is 5.91 Å². The third-order valence-electron chi connectivity index (χ3n) is 2.50. The van der Waals surface area contributed by atoms with E-state index in [1.165, 1.54) is 0 Å². The van der Waals surface area contributed by atoms with E-state index in [-0.39, 0.29) is 19.1 Å². The highest BCUT2D eigenvalue weighted by Crippen LogP contribution is 2.23. The van der Waals surface area contributed by atoms with Crippen LogP contribution in [-0.4, -0.2) is 42.2 Å². The predicted molar refractivity (Wildman–Crippen MR) is 73.7 cm³/mol. The number of aliphatic hydroxyl groups is 1. The van der Waals surface area contributed by atoms with E-state index >= 15 is 0 Å². The van der Waals surface area contributed by atoms with E-state index in [1.807, 2.05) is 11.8 Å². The molecule has 1 aromatic rings. The van der Waals surface area contributed by atoms with Crippen LogP contribution in [-0.2, 0) is 4.79 Å². The van der Waals surface area contributed by atoms with E-state index in [1.54, 1.807) is 18.2 Å². The first-order valence-corrected chi connectivity index (χ1v) is 6.12. The smallest absolute Gasteiger partial charge is 0.238 e. The number of nitrogens with one attached hydrogen (secondary N) is 1. The Morgan fingerprint density at radius 3 is 2.83 bits per heavy atom. The Balaban J connectivity index is 2.58. The lowest BCUT2D eigenvalue weighted by Crippen LogP contribution is -2.35. The van der Waals surface area contributed by atoms with Gasteiger partial charge in [-0.05, 0) is 24.7 Å². The second kappa shape index (κ2) is 7.20. The van der Waals surface area contributed by atoms with Gasteiger partial charge in [-0.25, -0.2) is 0 Å². The molecule has 5 nitrogen and oxygen atoms in total. The van der Waals surface area contributed by atoms with E-state index in [4.69, 9.17) is 22.4 Å². The first-order valence-electron chi connectivity index (χ1n) is 5.75. The third kappa shape index (κ3) is 4.52. The van der Waals surface area contributed by atoms with Crippen molar-refractivity contribution in [3.63, 3.8) is 0 Å². The number of hydrogen-bond acceptors (Lipinski definition) is 4. The number of benzene rings is 1. The van der Waals surface area contributed by atoms with Gasteiger partial charge >= 0.3 is 0 Å². The normalized spacial score (nSPS) is 10.7. The monoisotopic (exact) mass is 271 g/mol. The van der Waals surface area contributed by atoms with Crippen molar-refractivity contribution in [1.82, 2.24) is 4.90 Å². The number of likely N-dealkylation sites (N-methyl/N-ethyl adjacent to an activating group) is 1. The molecule has 0 aliphatic carbocycles. The number of carbonyl (C=O) groups is 1. The third-order valence-corrected chi connectivity index (χ3v) is 2.81. The maximum absolute atomic E-state index is 11.8. The molecule has 18 heavy (non-hydrogen) atoms. The Labute approximate surface area is 112 Å². The van der Waals surface area contributed by atoms with Crippen LogP contribution in [0.1, 0.15) is 6.92 Å². The van der Waals surface area contributed by atoms with Crippen LogP contribution in [0, 0.1) is 0 Å². The molecule has 1 aromatic carbocycles.